The smallest absolute Gasteiger partial charge is 0.314 e. The molecule has 28 heavy (non-hydrogen) atoms. The van der Waals surface area contributed by atoms with Crippen LogP contribution in [0.2, 0.25) is 6.04 Å². The molecular weight excluding hydrogens is 364 g/mol. The molecule has 0 radical (unpaired) electrons. The molecule has 0 aromatic heterocycles. The minimum Gasteiger partial charge on any atom is -0.534 e. The van der Waals surface area contributed by atoms with E-state index in [-0.39, 0.29) is 11.6 Å². The first-order chi connectivity index (χ1) is 13.7. The molecule has 0 atom stereocenters. The van der Waals surface area contributed by atoms with E-state index < -0.39 is 8.32 Å². The summed E-state index contributed by atoms with van der Waals surface area (Å²) in [6.07, 6.45) is 2.66. The van der Waals surface area contributed by atoms with Crippen LogP contribution < -0.4 is 14.8 Å². The van der Waals surface area contributed by atoms with Crippen LogP contribution >= 0.6 is 0 Å². The Labute approximate surface area is 165 Å². The maximum Gasteiger partial charge on any atom is 0.314 e. The maximum atomic E-state index is 12.6. The zero-order valence-electron chi connectivity index (χ0n) is 15.6. The number of ketones is 2. The molecule has 3 aromatic carbocycles. The lowest BCUT2D eigenvalue weighted by Crippen LogP contribution is -2.63. The molecule has 0 spiro atoms. The monoisotopic (exact) mass is 384 g/mol. The van der Waals surface area contributed by atoms with E-state index in [1.54, 1.807) is 18.2 Å². The van der Waals surface area contributed by atoms with Crippen molar-refractivity contribution in [1.82, 2.24) is 0 Å². The average Bonchev–Trinajstić information content (AvgIpc) is 2.76. The van der Waals surface area contributed by atoms with Crippen LogP contribution in [0.3, 0.4) is 0 Å². The first-order valence-corrected chi connectivity index (χ1v) is 11.5. The van der Waals surface area contributed by atoms with Crippen molar-refractivity contribution in [3.05, 3.63) is 102 Å². The molecule has 1 aliphatic rings. The third-order valence-corrected chi connectivity index (χ3v) is 9.28. The van der Waals surface area contributed by atoms with Gasteiger partial charge in [0.15, 0.2) is 11.6 Å². The van der Waals surface area contributed by atoms with Crippen LogP contribution in [0, 0.1) is 0 Å². The van der Waals surface area contributed by atoms with Crippen LogP contribution in [-0.2, 0) is 0 Å². The van der Waals surface area contributed by atoms with E-state index in [1.807, 2.05) is 36.4 Å². The Morgan fingerprint density at radius 1 is 0.714 bits per heavy atom. The molecule has 0 bridgehead atoms. The summed E-state index contributed by atoms with van der Waals surface area (Å²) in [6, 6.07) is 26.4. The standard InChI is InChI=1S/C24H20O3Si/c1-2-28(18-10-5-3-6-11-18,19-12-7-4-8-13-19)27-23-15-9-14-20-21(25)16-17-22(26)24(20)23/h3-17H,2H2,1H3. The van der Waals surface area contributed by atoms with Crippen molar-refractivity contribution >= 4 is 30.3 Å². The van der Waals surface area contributed by atoms with Gasteiger partial charge in [-0.25, -0.2) is 0 Å². The van der Waals surface area contributed by atoms with Gasteiger partial charge in [0, 0.05) is 5.56 Å². The molecule has 0 unspecified atom stereocenters. The fourth-order valence-electron chi connectivity index (χ4n) is 3.77. The fraction of sp³-hybridized carbons (Fsp3) is 0.0833. The van der Waals surface area contributed by atoms with Gasteiger partial charge in [0.05, 0.1) is 5.56 Å². The van der Waals surface area contributed by atoms with Gasteiger partial charge in [-0.1, -0.05) is 79.7 Å². The molecule has 0 N–H and O–H groups in total. The summed E-state index contributed by atoms with van der Waals surface area (Å²) in [5, 5.41) is 2.26. The molecule has 0 amide bonds. The second-order valence-corrected chi connectivity index (χ2v) is 10.5. The molecule has 0 heterocycles. The SMILES string of the molecule is CC[Si](Oc1cccc2c1C(=O)C=CC2=O)(c1ccccc1)c1ccccc1. The van der Waals surface area contributed by atoms with Gasteiger partial charge < -0.3 is 4.43 Å². The third kappa shape index (κ3) is 3.02. The summed E-state index contributed by atoms with van der Waals surface area (Å²) in [5.41, 5.74) is 0.775. The second kappa shape index (κ2) is 7.41. The summed E-state index contributed by atoms with van der Waals surface area (Å²) < 4.78 is 6.77. The number of rotatable bonds is 5. The minimum atomic E-state index is -2.66. The molecule has 3 nitrogen and oxygen atoms in total. The van der Waals surface area contributed by atoms with Gasteiger partial charge in [-0.3, -0.25) is 9.59 Å². The topological polar surface area (TPSA) is 43.4 Å². The van der Waals surface area contributed by atoms with Gasteiger partial charge >= 0.3 is 8.32 Å². The highest BCUT2D eigenvalue weighted by molar-refractivity contribution is 6.98. The molecule has 0 saturated carbocycles. The molecule has 0 aliphatic heterocycles. The Kier molecular flexibility index (Phi) is 4.80. The Bertz CT molecular complexity index is 1020. The lowest BCUT2D eigenvalue weighted by molar-refractivity contribution is 0.0992. The zero-order chi connectivity index (χ0) is 19.6. The van der Waals surface area contributed by atoms with Crippen molar-refractivity contribution in [2.75, 3.05) is 0 Å². The Hall–Kier alpha value is -3.24. The van der Waals surface area contributed by atoms with Crippen molar-refractivity contribution in [1.29, 1.82) is 0 Å². The number of allylic oxidation sites excluding steroid dienone is 2. The van der Waals surface area contributed by atoms with E-state index in [1.165, 1.54) is 12.2 Å². The summed E-state index contributed by atoms with van der Waals surface area (Å²) in [5.74, 6) is 0.134. The molecule has 0 fully saturated rings. The van der Waals surface area contributed by atoms with Crippen LogP contribution in [0.5, 0.6) is 5.75 Å². The van der Waals surface area contributed by atoms with E-state index in [4.69, 9.17) is 4.43 Å². The highest BCUT2D eigenvalue weighted by atomic mass is 28.4. The molecule has 3 aromatic rings. The summed E-state index contributed by atoms with van der Waals surface area (Å²) in [7, 11) is -2.66. The number of fused-ring (bicyclic) bond motifs is 1. The van der Waals surface area contributed by atoms with Crippen molar-refractivity contribution < 1.29 is 14.0 Å². The van der Waals surface area contributed by atoms with Gasteiger partial charge in [-0.2, -0.15) is 0 Å². The Balaban J connectivity index is 1.91. The van der Waals surface area contributed by atoms with Crippen molar-refractivity contribution in [3.8, 4) is 5.75 Å². The number of carbonyl (C=O) groups is 2. The average molecular weight is 385 g/mol. The molecular formula is C24H20O3Si. The number of hydrogen-bond donors (Lipinski definition) is 0. The largest absolute Gasteiger partial charge is 0.534 e. The molecule has 4 rings (SSSR count). The van der Waals surface area contributed by atoms with E-state index >= 15 is 0 Å². The van der Waals surface area contributed by atoms with E-state index in [9.17, 15) is 9.59 Å². The van der Waals surface area contributed by atoms with Gasteiger partial charge in [-0.05, 0) is 34.6 Å². The molecule has 1 aliphatic carbocycles. The van der Waals surface area contributed by atoms with E-state index in [0.29, 0.717) is 16.9 Å². The highest BCUT2D eigenvalue weighted by Crippen LogP contribution is 2.30. The molecule has 4 heteroatoms. The van der Waals surface area contributed by atoms with E-state index in [0.717, 1.165) is 16.4 Å². The minimum absolute atomic E-state index is 0.164. The Morgan fingerprint density at radius 3 is 1.86 bits per heavy atom. The van der Waals surface area contributed by atoms with Gasteiger partial charge in [-0.15, -0.1) is 0 Å². The second-order valence-electron chi connectivity index (χ2n) is 6.76. The Morgan fingerprint density at radius 2 is 1.29 bits per heavy atom. The zero-order valence-corrected chi connectivity index (χ0v) is 16.6. The first-order valence-electron chi connectivity index (χ1n) is 9.35. The predicted octanol–water partition coefficient (Wildman–Crippen LogP) is 3.78. The summed E-state index contributed by atoms with van der Waals surface area (Å²) in [6.45, 7) is 2.12. The van der Waals surface area contributed by atoms with Crippen LogP contribution in [0.4, 0.5) is 0 Å². The van der Waals surface area contributed by atoms with Crippen LogP contribution in [-0.4, -0.2) is 19.9 Å². The van der Waals surface area contributed by atoms with Gasteiger partial charge in [0.25, 0.3) is 0 Å². The first kappa shape index (κ1) is 18.1. The number of carbonyl (C=O) groups excluding carboxylic acids is 2. The van der Waals surface area contributed by atoms with Crippen LogP contribution in [0.15, 0.2) is 91.0 Å². The molecule has 0 saturated heterocycles. The predicted molar refractivity (Wildman–Crippen MR) is 113 cm³/mol. The summed E-state index contributed by atoms with van der Waals surface area (Å²) >= 11 is 0. The normalized spacial score (nSPS) is 13.3. The van der Waals surface area contributed by atoms with Crippen LogP contribution in [0.1, 0.15) is 27.6 Å². The van der Waals surface area contributed by atoms with Crippen molar-refractivity contribution in [2.24, 2.45) is 0 Å². The highest BCUT2D eigenvalue weighted by Gasteiger charge is 2.41. The number of benzene rings is 3. The quantitative estimate of drug-likeness (QED) is 0.629. The van der Waals surface area contributed by atoms with Crippen LogP contribution in [0.25, 0.3) is 0 Å². The fourth-order valence-corrected chi connectivity index (χ4v) is 7.30. The maximum absolute atomic E-state index is 12.6. The van der Waals surface area contributed by atoms with E-state index in [2.05, 4.69) is 31.2 Å². The van der Waals surface area contributed by atoms with Gasteiger partial charge in [0.1, 0.15) is 5.75 Å². The van der Waals surface area contributed by atoms with Crippen molar-refractivity contribution in [2.45, 2.75) is 13.0 Å². The number of hydrogen-bond acceptors (Lipinski definition) is 3. The van der Waals surface area contributed by atoms with Gasteiger partial charge in [0.2, 0.25) is 0 Å². The lowest BCUT2D eigenvalue weighted by Gasteiger charge is -2.33. The molecule has 138 valence electrons. The lowest BCUT2D eigenvalue weighted by atomic mass is 9.94. The third-order valence-electron chi connectivity index (χ3n) is 5.19. The summed E-state index contributed by atoms with van der Waals surface area (Å²) in [4.78, 5) is 24.9. The van der Waals surface area contributed by atoms with Crippen molar-refractivity contribution in [3.63, 3.8) is 0 Å².